The third-order valence-electron chi connectivity index (χ3n) is 1.51. The van der Waals surface area contributed by atoms with E-state index in [1.165, 1.54) is 0 Å². The van der Waals surface area contributed by atoms with Gasteiger partial charge in [0.25, 0.3) is 0 Å². The van der Waals surface area contributed by atoms with Crippen LogP contribution in [0.1, 0.15) is 10.4 Å². The molecule has 0 aromatic heterocycles. The molecule has 0 unspecified atom stereocenters. The average Bonchev–Trinajstić information content (AvgIpc) is 2.06. The molecule has 0 spiro atoms. The minimum Gasteiger partial charge on any atom is -0.478 e. The van der Waals surface area contributed by atoms with Gasteiger partial charge in [0.2, 0.25) is 0 Å². The third kappa shape index (κ3) is 2.10. The minimum atomic E-state index is -0.904. The average molecular weight is 164 g/mol. The molecule has 0 radical (unpaired) electrons. The number of carboxylic acids is 1. The Morgan fingerprint density at radius 1 is 1.42 bits per heavy atom. The van der Waals surface area contributed by atoms with Crippen molar-refractivity contribution in [1.82, 2.24) is 0 Å². The molecular formula is C8H9BO3. The molecule has 1 aromatic rings. The normalized spacial score (nSPS) is 9.42. The summed E-state index contributed by atoms with van der Waals surface area (Å²) in [5.74, 6) is -0.904. The molecule has 0 fully saturated rings. The molecule has 3 nitrogen and oxygen atoms in total. The Morgan fingerprint density at radius 3 is 2.42 bits per heavy atom. The molecule has 62 valence electrons. The van der Waals surface area contributed by atoms with Crippen molar-refractivity contribution < 1.29 is 14.6 Å². The molecule has 0 saturated carbocycles. The quantitative estimate of drug-likeness (QED) is 0.640. The van der Waals surface area contributed by atoms with E-state index in [0.717, 1.165) is 5.46 Å². The van der Waals surface area contributed by atoms with Gasteiger partial charge in [0.05, 0.1) is 5.56 Å². The summed E-state index contributed by atoms with van der Waals surface area (Å²) in [7, 11) is 2.12. The van der Waals surface area contributed by atoms with E-state index < -0.39 is 5.97 Å². The molecular weight excluding hydrogens is 155 g/mol. The van der Waals surface area contributed by atoms with Crippen LogP contribution < -0.4 is 5.46 Å². The van der Waals surface area contributed by atoms with E-state index in [2.05, 4.69) is 0 Å². The number of carboxylic acid groups (broad SMARTS) is 1. The second kappa shape index (κ2) is 3.92. The van der Waals surface area contributed by atoms with Crippen LogP contribution in [0, 0.1) is 0 Å². The van der Waals surface area contributed by atoms with Crippen molar-refractivity contribution >= 4 is 18.9 Å². The zero-order valence-corrected chi connectivity index (χ0v) is 6.78. The second-order valence-electron chi connectivity index (χ2n) is 2.44. The van der Waals surface area contributed by atoms with Gasteiger partial charge in [0, 0.05) is 7.11 Å². The summed E-state index contributed by atoms with van der Waals surface area (Å²) in [6.07, 6.45) is 0. The highest BCUT2D eigenvalue weighted by atomic mass is 16.4. The lowest BCUT2D eigenvalue weighted by atomic mass is 9.88. The summed E-state index contributed by atoms with van der Waals surface area (Å²) in [6.45, 7) is 0. The first-order valence-corrected chi connectivity index (χ1v) is 3.55. The number of hydrogen-bond acceptors (Lipinski definition) is 2. The third-order valence-corrected chi connectivity index (χ3v) is 1.51. The Morgan fingerprint density at radius 2 is 2.00 bits per heavy atom. The molecule has 1 aromatic carbocycles. The topological polar surface area (TPSA) is 46.5 Å². The van der Waals surface area contributed by atoms with Crippen molar-refractivity contribution in [2.24, 2.45) is 0 Å². The SMILES string of the molecule is COBc1ccc(C(=O)O)cc1. The molecule has 0 atom stereocenters. The summed E-state index contributed by atoms with van der Waals surface area (Å²) in [4.78, 5) is 10.4. The van der Waals surface area contributed by atoms with Crippen molar-refractivity contribution in [3.05, 3.63) is 29.8 Å². The van der Waals surface area contributed by atoms with E-state index in [-0.39, 0.29) is 0 Å². The Hall–Kier alpha value is -1.29. The highest BCUT2D eigenvalue weighted by molar-refractivity contribution is 6.46. The second-order valence-corrected chi connectivity index (χ2v) is 2.44. The highest BCUT2D eigenvalue weighted by Crippen LogP contribution is 1.95. The van der Waals surface area contributed by atoms with Crippen LogP contribution in [0.25, 0.3) is 0 Å². The zero-order chi connectivity index (χ0) is 8.97. The number of carbonyl (C=O) groups is 1. The Kier molecular flexibility index (Phi) is 2.88. The number of aromatic carboxylic acids is 1. The molecule has 1 N–H and O–H groups in total. The fraction of sp³-hybridized carbons (Fsp3) is 0.125. The monoisotopic (exact) mass is 164 g/mol. The van der Waals surface area contributed by atoms with Gasteiger partial charge in [0.1, 0.15) is 0 Å². The van der Waals surface area contributed by atoms with Crippen molar-refractivity contribution in [1.29, 1.82) is 0 Å². The summed E-state index contributed by atoms with van der Waals surface area (Å²) in [5.41, 5.74) is 1.28. The van der Waals surface area contributed by atoms with E-state index >= 15 is 0 Å². The van der Waals surface area contributed by atoms with Gasteiger partial charge >= 0.3 is 13.5 Å². The van der Waals surface area contributed by atoms with Gasteiger partial charge in [-0.05, 0) is 12.1 Å². The first kappa shape index (κ1) is 8.81. The van der Waals surface area contributed by atoms with Crippen LogP contribution >= 0.6 is 0 Å². The van der Waals surface area contributed by atoms with E-state index in [1.807, 2.05) is 0 Å². The number of benzene rings is 1. The van der Waals surface area contributed by atoms with Crippen molar-refractivity contribution in [2.75, 3.05) is 7.11 Å². The van der Waals surface area contributed by atoms with Crippen molar-refractivity contribution in [3.8, 4) is 0 Å². The van der Waals surface area contributed by atoms with Crippen molar-refractivity contribution in [3.63, 3.8) is 0 Å². The van der Waals surface area contributed by atoms with Gasteiger partial charge in [-0.3, -0.25) is 0 Å². The molecule has 0 saturated heterocycles. The Balaban J connectivity index is 2.78. The van der Waals surface area contributed by atoms with Gasteiger partial charge in [-0.15, -0.1) is 0 Å². The first-order chi connectivity index (χ1) is 5.74. The van der Waals surface area contributed by atoms with E-state index in [9.17, 15) is 4.79 Å². The first-order valence-electron chi connectivity index (χ1n) is 3.55. The lowest BCUT2D eigenvalue weighted by Gasteiger charge is -1.97. The maximum atomic E-state index is 10.4. The summed E-state index contributed by atoms with van der Waals surface area (Å²) >= 11 is 0. The van der Waals surface area contributed by atoms with Crippen LogP contribution in [-0.4, -0.2) is 25.7 Å². The summed E-state index contributed by atoms with van der Waals surface area (Å²) in [6, 6.07) is 6.62. The maximum Gasteiger partial charge on any atom is 0.335 e. The van der Waals surface area contributed by atoms with Crippen LogP contribution in [-0.2, 0) is 4.65 Å². The molecule has 0 amide bonds. The molecule has 1 rings (SSSR count). The predicted octanol–water partition coefficient (Wildman–Crippen LogP) is 0.00800. The lowest BCUT2D eigenvalue weighted by Crippen LogP contribution is -2.15. The Bertz CT molecular complexity index is 268. The van der Waals surface area contributed by atoms with Gasteiger partial charge < -0.3 is 9.76 Å². The molecule has 4 heteroatoms. The summed E-state index contributed by atoms with van der Waals surface area (Å²) in [5, 5.41) is 8.57. The van der Waals surface area contributed by atoms with E-state index in [4.69, 9.17) is 9.76 Å². The van der Waals surface area contributed by atoms with Crippen LogP contribution in [0.4, 0.5) is 0 Å². The molecule has 0 bridgehead atoms. The fourth-order valence-electron chi connectivity index (χ4n) is 0.910. The standard InChI is InChI=1S/C8H9BO3/c1-12-9-7-4-2-6(3-5-7)8(10)11/h2-5,9H,1H3,(H,10,11). The highest BCUT2D eigenvalue weighted by Gasteiger charge is 2.01. The molecule has 0 aliphatic rings. The molecule has 0 aliphatic heterocycles. The molecule has 0 aliphatic carbocycles. The van der Waals surface area contributed by atoms with Crippen LogP contribution in [0.2, 0.25) is 0 Å². The van der Waals surface area contributed by atoms with Gasteiger partial charge in [0.15, 0.2) is 0 Å². The maximum absolute atomic E-state index is 10.4. The largest absolute Gasteiger partial charge is 0.478 e. The van der Waals surface area contributed by atoms with Crippen LogP contribution in [0.5, 0.6) is 0 Å². The minimum absolute atomic E-state index is 0.301. The van der Waals surface area contributed by atoms with Crippen LogP contribution in [0.15, 0.2) is 24.3 Å². The van der Waals surface area contributed by atoms with Gasteiger partial charge in [-0.1, -0.05) is 17.6 Å². The van der Waals surface area contributed by atoms with Crippen LogP contribution in [0.3, 0.4) is 0 Å². The smallest absolute Gasteiger partial charge is 0.335 e. The summed E-state index contributed by atoms with van der Waals surface area (Å²) < 4.78 is 4.88. The molecule has 0 heterocycles. The number of rotatable bonds is 3. The van der Waals surface area contributed by atoms with E-state index in [0.29, 0.717) is 13.0 Å². The Labute approximate surface area is 71.3 Å². The molecule has 12 heavy (non-hydrogen) atoms. The van der Waals surface area contributed by atoms with Gasteiger partial charge in [-0.2, -0.15) is 0 Å². The van der Waals surface area contributed by atoms with Crippen molar-refractivity contribution in [2.45, 2.75) is 0 Å². The van der Waals surface area contributed by atoms with Gasteiger partial charge in [-0.25, -0.2) is 4.79 Å². The zero-order valence-electron chi connectivity index (χ0n) is 6.78. The number of hydrogen-bond donors (Lipinski definition) is 1. The fourth-order valence-corrected chi connectivity index (χ4v) is 0.910. The lowest BCUT2D eigenvalue weighted by molar-refractivity contribution is 0.0697. The predicted molar refractivity (Wildman–Crippen MR) is 47.2 cm³/mol. The van der Waals surface area contributed by atoms with E-state index in [1.54, 1.807) is 31.4 Å².